The Morgan fingerprint density at radius 1 is 1.56 bits per heavy atom. The Hall–Kier alpha value is -1.85. The summed E-state index contributed by atoms with van der Waals surface area (Å²) in [6.07, 6.45) is 4.34. The average Bonchev–Trinajstić information content (AvgIpc) is 2.86. The summed E-state index contributed by atoms with van der Waals surface area (Å²) in [5.74, 6) is 1.01. The van der Waals surface area contributed by atoms with Crippen LogP contribution in [-0.2, 0) is 9.59 Å². The van der Waals surface area contributed by atoms with Gasteiger partial charge in [0.1, 0.15) is 5.82 Å². The summed E-state index contributed by atoms with van der Waals surface area (Å²) in [6.45, 7) is 1.38. The minimum atomic E-state index is -0.237. The van der Waals surface area contributed by atoms with Gasteiger partial charge in [-0.05, 0) is 18.8 Å². The smallest absolute Gasteiger partial charge is 0.230 e. The summed E-state index contributed by atoms with van der Waals surface area (Å²) < 4.78 is 0. The molecule has 1 aromatic heterocycles. The summed E-state index contributed by atoms with van der Waals surface area (Å²) in [6, 6.07) is 1.69. The van der Waals surface area contributed by atoms with Crippen LogP contribution in [0.3, 0.4) is 0 Å². The zero-order valence-electron chi connectivity index (χ0n) is 10.1. The van der Waals surface area contributed by atoms with Crippen LogP contribution in [0, 0.1) is 11.8 Å². The Bertz CT molecular complexity index is 453. The van der Waals surface area contributed by atoms with Crippen molar-refractivity contribution in [3.05, 3.63) is 12.3 Å². The van der Waals surface area contributed by atoms with Crippen molar-refractivity contribution in [1.82, 2.24) is 15.1 Å². The molecule has 1 aliphatic carbocycles. The number of nitrogens with one attached hydrogen (secondary N) is 2. The number of carbonyl (C=O) groups excluding carboxylic acids is 2. The van der Waals surface area contributed by atoms with Crippen molar-refractivity contribution in [3.8, 4) is 0 Å². The third kappa shape index (κ3) is 2.37. The molecule has 1 aromatic rings. The molecule has 1 saturated carbocycles. The number of hydrogen-bond acceptors (Lipinski definition) is 3. The fraction of sp³-hybridized carbons (Fsp3) is 0.583. The Labute approximate surface area is 105 Å². The van der Waals surface area contributed by atoms with Gasteiger partial charge in [0.05, 0.1) is 12.1 Å². The van der Waals surface area contributed by atoms with Gasteiger partial charge >= 0.3 is 0 Å². The monoisotopic (exact) mass is 248 g/mol. The lowest BCUT2D eigenvalue weighted by atomic mass is 10.1. The van der Waals surface area contributed by atoms with E-state index in [1.165, 1.54) is 12.8 Å². The number of likely N-dealkylation sites (tertiary alicyclic amines) is 1. The molecule has 6 heteroatoms. The van der Waals surface area contributed by atoms with Gasteiger partial charge in [-0.25, -0.2) is 0 Å². The Morgan fingerprint density at radius 2 is 2.39 bits per heavy atom. The second-order valence-corrected chi connectivity index (χ2v) is 5.10. The fourth-order valence-corrected chi connectivity index (χ4v) is 2.30. The highest BCUT2D eigenvalue weighted by atomic mass is 16.2. The highest BCUT2D eigenvalue weighted by Crippen LogP contribution is 2.32. The summed E-state index contributed by atoms with van der Waals surface area (Å²) in [4.78, 5) is 25.6. The SMILES string of the molecule is O=C(Nc1ccn[nH]1)C1CC(=O)N(CC2CC2)C1. The molecule has 2 heterocycles. The predicted molar refractivity (Wildman–Crippen MR) is 64.6 cm³/mol. The van der Waals surface area contributed by atoms with E-state index in [1.54, 1.807) is 12.3 Å². The van der Waals surface area contributed by atoms with Crippen molar-refractivity contribution in [3.63, 3.8) is 0 Å². The van der Waals surface area contributed by atoms with Crippen molar-refractivity contribution in [2.75, 3.05) is 18.4 Å². The Morgan fingerprint density at radius 3 is 3.06 bits per heavy atom. The van der Waals surface area contributed by atoms with Crippen molar-refractivity contribution in [2.45, 2.75) is 19.3 Å². The van der Waals surface area contributed by atoms with Crippen LogP contribution in [0.4, 0.5) is 5.82 Å². The molecule has 1 unspecified atom stereocenters. The molecular formula is C12H16N4O2. The molecule has 6 nitrogen and oxygen atoms in total. The van der Waals surface area contributed by atoms with Crippen LogP contribution < -0.4 is 5.32 Å². The average molecular weight is 248 g/mol. The number of amides is 2. The van der Waals surface area contributed by atoms with E-state index in [-0.39, 0.29) is 17.7 Å². The fourth-order valence-electron chi connectivity index (χ4n) is 2.30. The second-order valence-electron chi connectivity index (χ2n) is 5.10. The minimum Gasteiger partial charge on any atom is -0.342 e. The Kier molecular flexibility index (Phi) is 2.77. The van der Waals surface area contributed by atoms with Crippen molar-refractivity contribution in [1.29, 1.82) is 0 Å². The van der Waals surface area contributed by atoms with Crippen LogP contribution >= 0.6 is 0 Å². The summed E-state index contributed by atoms with van der Waals surface area (Å²) in [5.41, 5.74) is 0. The molecular weight excluding hydrogens is 232 g/mol. The van der Waals surface area contributed by atoms with Crippen LogP contribution in [0.25, 0.3) is 0 Å². The molecule has 3 rings (SSSR count). The van der Waals surface area contributed by atoms with Gasteiger partial charge in [-0.15, -0.1) is 0 Å². The van der Waals surface area contributed by atoms with E-state index in [1.807, 2.05) is 4.90 Å². The molecule has 0 aromatic carbocycles. The largest absolute Gasteiger partial charge is 0.342 e. The molecule has 96 valence electrons. The van der Waals surface area contributed by atoms with Gasteiger partial charge in [-0.3, -0.25) is 14.7 Å². The van der Waals surface area contributed by atoms with Gasteiger partial charge in [0.25, 0.3) is 0 Å². The first-order valence-corrected chi connectivity index (χ1v) is 6.30. The highest BCUT2D eigenvalue weighted by molar-refractivity contribution is 5.96. The van der Waals surface area contributed by atoms with E-state index in [9.17, 15) is 9.59 Å². The first-order valence-electron chi connectivity index (χ1n) is 6.30. The zero-order chi connectivity index (χ0) is 12.5. The van der Waals surface area contributed by atoms with E-state index < -0.39 is 0 Å². The lowest BCUT2D eigenvalue weighted by molar-refractivity contribution is -0.128. The first kappa shape index (κ1) is 11.3. The van der Waals surface area contributed by atoms with E-state index in [0.29, 0.717) is 24.7 Å². The maximum Gasteiger partial charge on any atom is 0.230 e. The molecule has 1 aliphatic heterocycles. The van der Waals surface area contributed by atoms with Crippen molar-refractivity contribution < 1.29 is 9.59 Å². The maximum absolute atomic E-state index is 12.0. The number of anilines is 1. The number of H-pyrrole nitrogens is 1. The molecule has 0 bridgehead atoms. The third-order valence-electron chi connectivity index (χ3n) is 3.52. The third-order valence-corrected chi connectivity index (χ3v) is 3.52. The molecule has 2 N–H and O–H groups in total. The quantitative estimate of drug-likeness (QED) is 0.819. The molecule has 1 saturated heterocycles. The van der Waals surface area contributed by atoms with Gasteiger partial charge < -0.3 is 10.2 Å². The van der Waals surface area contributed by atoms with Crippen LogP contribution in [-0.4, -0.2) is 40.0 Å². The molecule has 2 aliphatic rings. The van der Waals surface area contributed by atoms with Gasteiger partial charge in [-0.2, -0.15) is 5.10 Å². The predicted octanol–water partition coefficient (Wildman–Crippen LogP) is 0.607. The van der Waals surface area contributed by atoms with Crippen molar-refractivity contribution >= 4 is 17.6 Å². The molecule has 2 amide bonds. The van der Waals surface area contributed by atoms with E-state index >= 15 is 0 Å². The maximum atomic E-state index is 12.0. The number of rotatable bonds is 4. The standard InChI is InChI=1S/C12H16N4O2/c17-11-5-9(7-16(11)6-8-1-2-8)12(18)14-10-3-4-13-15-10/h3-4,8-9H,1-2,5-7H2,(H2,13,14,15,18). The Balaban J connectivity index is 1.56. The minimum absolute atomic E-state index is 0.103. The van der Waals surface area contributed by atoms with Crippen molar-refractivity contribution in [2.24, 2.45) is 11.8 Å². The molecule has 2 fully saturated rings. The highest BCUT2D eigenvalue weighted by Gasteiger charge is 2.37. The zero-order valence-corrected chi connectivity index (χ0v) is 10.1. The van der Waals surface area contributed by atoms with Gasteiger partial charge in [-0.1, -0.05) is 0 Å². The lowest BCUT2D eigenvalue weighted by Crippen LogP contribution is -2.29. The summed E-state index contributed by atoms with van der Waals surface area (Å²) in [7, 11) is 0. The molecule has 0 spiro atoms. The van der Waals surface area contributed by atoms with Crippen LogP contribution in [0.1, 0.15) is 19.3 Å². The lowest BCUT2D eigenvalue weighted by Gasteiger charge is -2.15. The molecule has 0 radical (unpaired) electrons. The van der Waals surface area contributed by atoms with E-state index in [0.717, 1.165) is 6.54 Å². The number of carbonyl (C=O) groups is 2. The number of nitrogens with zero attached hydrogens (tertiary/aromatic N) is 2. The first-order chi connectivity index (χ1) is 8.72. The number of hydrogen-bond donors (Lipinski definition) is 2. The summed E-state index contributed by atoms with van der Waals surface area (Å²) >= 11 is 0. The summed E-state index contributed by atoms with van der Waals surface area (Å²) in [5, 5.41) is 9.18. The van der Waals surface area contributed by atoms with Crippen LogP contribution in [0.2, 0.25) is 0 Å². The van der Waals surface area contributed by atoms with Crippen LogP contribution in [0.15, 0.2) is 12.3 Å². The van der Waals surface area contributed by atoms with Gasteiger partial charge in [0.2, 0.25) is 11.8 Å². The molecule has 18 heavy (non-hydrogen) atoms. The molecule has 1 atom stereocenters. The normalized spacial score (nSPS) is 23.4. The number of aromatic nitrogens is 2. The topological polar surface area (TPSA) is 78.1 Å². The number of aromatic amines is 1. The van der Waals surface area contributed by atoms with E-state index in [2.05, 4.69) is 15.5 Å². The van der Waals surface area contributed by atoms with Gasteiger partial charge in [0, 0.05) is 25.6 Å². The van der Waals surface area contributed by atoms with E-state index in [4.69, 9.17) is 0 Å². The van der Waals surface area contributed by atoms with Gasteiger partial charge in [0.15, 0.2) is 0 Å². The second kappa shape index (κ2) is 4.44. The van der Waals surface area contributed by atoms with Crippen LogP contribution in [0.5, 0.6) is 0 Å².